The average Bonchev–Trinajstić information content (AvgIpc) is 1.35. The number of ether oxygens (including phenoxy) is 15. The largest absolute Gasteiger partial charge is 0.497 e. The van der Waals surface area contributed by atoms with Crippen molar-refractivity contribution in [2.45, 2.75) is 290 Å². The fourth-order valence-corrected chi connectivity index (χ4v) is 17.6. The Hall–Kier alpha value is -11.4. The van der Waals surface area contributed by atoms with E-state index in [4.69, 9.17) is 75.6 Å². The molecule has 47 heteroatoms. The molecule has 146 heavy (non-hydrogen) atoms. The molecule has 0 radical (unpaired) electrons. The van der Waals surface area contributed by atoms with Gasteiger partial charge in [0, 0.05) is 155 Å². The van der Waals surface area contributed by atoms with Gasteiger partial charge in [-0.3, -0.25) is 61.8 Å². The van der Waals surface area contributed by atoms with E-state index in [0.717, 1.165) is 36.6 Å². The van der Waals surface area contributed by atoms with E-state index in [1.807, 2.05) is 93.6 Å². The monoisotopic (exact) mass is 2070 g/mol. The van der Waals surface area contributed by atoms with Gasteiger partial charge in [-0.25, -0.2) is 18.6 Å². The fourth-order valence-electron chi connectivity index (χ4n) is 17.3. The lowest BCUT2D eigenvalue weighted by Crippen LogP contribution is -2.61. The summed E-state index contributed by atoms with van der Waals surface area (Å²) in [6, 6.07) is 20.1. The number of hydrogen-bond acceptors (Lipinski definition) is 35. The number of methoxy groups -OCH3 is 3. The zero-order valence-corrected chi connectivity index (χ0v) is 86.7. The third-order valence-electron chi connectivity index (χ3n) is 24.8. The van der Waals surface area contributed by atoms with Crippen LogP contribution in [0.4, 0.5) is 0 Å². The van der Waals surface area contributed by atoms with E-state index < -0.39 is 141 Å². The van der Waals surface area contributed by atoms with E-state index in [-0.39, 0.29) is 159 Å². The van der Waals surface area contributed by atoms with Gasteiger partial charge in [-0.2, -0.15) is 0 Å². The minimum absolute atomic E-state index is 0.000897. The number of esters is 3. The van der Waals surface area contributed by atoms with Gasteiger partial charge in [0.05, 0.1) is 117 Å². The first-order valence-corrected chi connectivity index (χ1v) is 51.3. The number of ketones is 1. The molecule has 3 fully saturated rings. The van der Waals surface area contributed by atoms with Gasteiger partial charge in [-0.15, -0.1) is 15.3 Å². The Morgan fingerprint density at radius 3 is 1.09 bits per heavy atom. The Labute approximate surface area is 850 Å². The van der Waals surface area contributed by atoms with Crippen molar-refractivity contribution in [2.75, 3.05) is 108 Å². The van der Waals surface area contributed by atoms with Crippen molar-refractivity contribution in [2.24, 2.45) is 17.8 Å². The highest BCUT2D eigenvalue weighted by atomic mass is 31.2. The van der Waals surface area contributed by atoms with Crippen LogP contribution < -0.4 is 51.4 Å². The minimum Gasteiger partial charge on any atom is -0.497 e. The Morgan fingerprint density at radius 2 is 0.740 bits per heavy atom. The highest BCUT2D eigenvalue weighted by Gasteiger charge is 2.50. The Bertz CT molecular complexity index is 4700. The number of rotatable bonds is 67. The van der Waals surface area contributed by atoms with Crippen molar-refractivity contribution in [1.29, 1.82) is 0 Å². The molecular weight excluding hydrogens is 1920 g/mol. The number of phosphoric ester groups is 1. The molecule has 16 atom stereocenters. The molecule has 8 N–H and O–H groups in total. The molecule has 0 aliphatic carbocycles. The van der Waals surface area contributed by atoms with Crippen molar-refractivity contribution in [3.63, 3.8) is 0 Å². The van der Waals surface area contributed by atoms with Crippen molar-refractivity contribution in [1.82, 2.24) is 82.2 Å². The highest BCUT2D eigenvalue weighted by Crippen LogP contribution is 2.42. The molecule has 808 valence electrons. The number of benzene rings is 3. The second kappa shape index (κ2) is 62.0. The molecule has 3 aromatic heterocycles. The normalized spacial score (nSPS) is 21.6. The molecule has 16 unspecified atom stereocenters. The van der Waals surface area contributed by atoms with Crippen LogP contribution in [0.15, 0.2) is 91.4 Å². The predicted octanol–water partition coefficient (Wildman–Crippen LogP) is 7.68. The number of aromatic nitrogens is 9. The van der Waals surface area contributed by atoms with E-state index in [1.165, 1.54) is 41.5 Å². The number of hydrogen-bond donors (Lipinski definition) is 8. The second-order valence-corrected chi connectivity index (χ2v) is 38.2. The van der Waals surface area contributed by atoms with Crippen LogP contribution in [0.1, 0.15) is 191 Å². The summed E-state index contributed by atoms with van der Waals surface area (Å²) in [4.78, 5) is 152. The third-order valence-corrected chi connectivity index (χ3v) is 25.7. The summed E-state index contributed by atoms with van der Waals surface area (Å²) in [5.41, 5.74) is 2.56. The quantitative estimate of drug-likeness (QED) is 0.00596. The topological polar surface area (TPSA) is 558 Å². The summed E-state index contributed by atoms with van der Waals surface area (Å²) in [6.07, 6.45) is 6.08. The van der Waals surface area contributed by atoms with Crippen LogP contribution in [0.25, 0.3) is 33.8 Å². The van der Waals surface area contributed by atoms with Gasteiger partial charge in [0.25, 0.3) is 0 Å². The maximum Gasteiger partial charge on any atom is 0.473 e. The molecule has 6 aromatic rings. The van der Waals surface area contributed by atoms with Crippen LogP contribution in [0.2, 0.25) is 0 Å². The third kappa shape index (κ3) is 40.7. The standard InChI is InChI=1S/C99H147N16O30P/c1-64-90(103-67(4)116)96(143-83(93(64)140-70(7)119)57-113-54-80(107-110-113)73-31-27-35-77(51-73)129-10)136-45-24-18-14-15-21-34-76(122)40-48-133-60-99(106-89(126)39-30-38-86(123)102-63-139-146(127,128)132-13,61-134-49-41-87(124)100-43-22-16-19-25-46-137-97-91(104-68(5)117)65(2)94(141-71(8)120)84(144-97)58-114-55-81(108-111-114)74-32-28-36-78(52-74)130-11)62-135-50-42-88(125)101-44-23-17-20-26-47-138-98-92(105-69(6)118)66(3)95(142-72(9)121)85(145-98)59-115-56-82(109-112-115)75-33-29-37-79(53-75)131-12/h27-29,31-33,35-37,51-56,64-66,83-85,90-98H,14-26,30,34,38-50,57-63H2,1-13H3,(H,100,124)(H,101,125)(H,102,123)(H,103,116)(H,104,117)(H,105,118)(H,106,126)(H,127,128). The molecule has 3 aromatic carbocycles. The molecule has 7 amide bonds. The molecule has 3 aliphatic rings. The Balaban J connectivity index is 0.774. The molecule has 6 heterocycles. The zero-order chi connectivity index (χ0) is 106. The molecule has 3 aliphatic heterocycles. The van der Waals surface area contributed by atoms with Gasteiger partial charge < -0.3 is 113 Å². The molecule has 9 rings (SSSR count). The fraction of sp³-hybridized carbons (Fsp3) is 0.646. The lowest BCUT2D eigenvalue weighted by Gasteiger charge is -2.45. The number of carbonyl (C=O) groups is 11. The SMILES string of the molecule is COc1cccc(-c2cn(CC3OC(OCCCCCCCC(=O)CCOCC(COCCC(=O)NCCCCCCOC4OC(Cn5cc(-c6cccc(OC)c6)nn5)C(OC(C)=O)C(C)C4NC(C)=O)(COCCC(=O)NCCCCCCOC4OC(Cn5cc(-c6cccc(OC)c6)nn5)C(OC(C)=O)C(C)C4NC(C)=O)NC(=O)CCCC(=O)NCOP(=O)(O)OC)C(NC(C)=O)C(C)C3OC(C)=O)nn2)c1. The van der Waals surface area contributed by atoms with Crippen molar-refractivity contribution >= 4 is 72.9 Å². The van der Waals surface area contributed by atoms with Crippen LogP contribution in [-0.2, 0) is 143 Å². The number of unbranched alkanes of at least 4 members (excludes halogenated alkanes) is 10. The van der Waals surface area contributed by atoms with Crippen LogP contribution in [0.3, 0.4) is 0 Å². The molecule has 46 nitrogen and oxygen atoms in total. The molecule has 3 saturated heterocycles. The van der Waals surface area contributed by atoms with Gasteiger partial charge in [-0.05, 0) is 81.3 Å². The summed E-state index contributed by atoms with van der Waals surface area (Å²) >= 11 is 0. The Morgan fingerprint density at radius 1 is 0.404 bits per heavy atom. The number of carbonyl (C=O) groups excluding carboxylic acids is 11. The summed E-state index contributed by atoms with van der Waals surface area (Å²) in [5.74, 6) is -3.89. The van der Waals surface area contributed by atoms with E-state index in [0.29, 0.717) is 118 Å². The Kier molecular flexibility index (Phi) is 50.2. The van der Waals surface area contributed by atoms with E-state index in [2.05, 4.69) is 72.7 Å². The van der Waals surface area contributed by atoms with E-state index in [9.17, 15) is 62.2 Å². The van der Waals surface area contributed by atoms with Gasteiger partial charge in [0.15, 0.2) is 18.9 Å². The van der Waals surface area contributed by atoms with Crippen LogP contribution in [0, 0.1) is 17.8 Å². The van der Waals surface area contributed by atoms with Gasteiger partial charge in [0.2, 0.25) is 41.4 Å². The summed E-state index contributed by atoms with van der Waals surface area (Å²) in [6.45, 7) is 13.6. The lowest BCUT2D eigenvalue weighted by atomic mass is 9.88. The first-order chi connectivity index (χ1) is 70.1. The van der Waals surface area contributed by atoms with Gasteiger partial charge in [0.1, 0.15) is 89.0 Å². The van der Waals surface area contributed by atoms with Crippen molar-refractivity contribution < 1.29 is 142 Å². The van der Waals surface area contributed by atoms with Crippen LogP contribution >= 0.6 is 7.82 Å². The molecule has 0 spiro atoms. The number of Topliss-reactive ketones (excluding diaryl/α,β-unsaturated/α-hetero) is 1. The highest BCUT2D eigenvalue weighted by molar-refractivity contribution is 7.47. The maximum atomic E-state index is 14.2. The minimum atomic E-state index is -4.42. The number of nitrogens with one attached hydrogen (secondary N) is 7. The molecule has 0 saturated carbocycles. The average molecular weight is 2070 g/mol. The van der Waals surface area contributed by atoms with Gasteiger partial charge in [-0.1, -0.05) is 118 Å². The molecule has 0 bridgehead atoms. The van der Waals surface area contributed by atoms with Crippen molar-refractivity contribution in [3.05, 3.63) is 91.4 Å². The van der Waals surface area contributed by atoms with Crippen LogP contribution in [-0.4, -0.2) is 302 Å². The number of phosphoric acid groups is 1. The zero-order valence-electron chi connectivity index (χ0n) is 85.8. The van der Waals surface area contributed by atoms with Crippen molar-refractivity contribution in [3.8, 4) is 51.0 Å². The van der Waals surface area contributed by atoms with E-state index in [1.54, 1.807) is 54.0 Å². The second-order valence-electron chi connectivity index (χ2n) is 36.6. The molecular formula is C99H147N16O30P. The summed E-state index contributed by atoms with van der Waals surface area (Å²) < 4.78 is 117. The summed E-state index contributed by atoms with van der Waals surface area (Å²) in [5, 5.41) is 46.1. The predicted molar refractivity (Wildman–Crippen MR) is 524 cm³/mol. The van der Waals surface area contributed by atoms with Crippen LogP contribution in [0.5, 0.6) is 17.2 Å². The first-order valence-electron chi connectivity index (χ1n) is 49.8. The number of amides is 7. The maximum absolute atomic E-state index is 14.2. The summed E-state index contributed by atoms with van der Waals surface area (Å²) in [7, 11) is 1.26. The number of nitrogens with zero attached hydrogens (tertiary/aromatic N) is 9. The first kappa shape index (κ1) is 118. The smallest absolute Gasteiger partial charge is 0.473 e. The lowest BCUT2D eigenvalue weighted by molar-refractivity contribution is -0.258. The van der Waals surface area contributed by atoms with E-state index >= 15 is 0 Å². The van der Waals surface area contributed by atoms with Gasteiger partial charge >= 0.3 is 25.7 Å².